The molecule has 4 N–H and O–H groups in total. The molecule has 2 amide bonds. The summed E-state index contributed by atoms with van der Waals surface area (Å²) < 4.78 is 0. The lowest BCUT2D eigenvalue weighted by Gasteiger charge is -2.16. The lowest BCUT2D eigenvalue weighted by Crippen LogP contribution is -2.43. The molecule has 0 saturated heterocycles. The maximum absolute atomic E-state index is 12.2. The number of aliphatic carboxylic acids is 2. The first-order chi connectivity index (χ1) is 18.8. The fraction of sp³-hybridized carbons (Fsp3) is 0.862. The van der Waals surface area contributed by atoms with E-state index < -0.39 is 24.0 Å². The number of carboxylic acids is 2. The van der Waals surface area contributed by atoms with E-state index in [1.54, 1.807) is 6.92 Å². The molecule has 0 aromatic heterocycles. The van der Waals surface area contributed by atoms with E-state index in [4.69, 9.17) is 0 Å². The second kappa shape index (κ2) is 26.8. The third kappa shape index (κ3) is 24.1. The van der Waals surface area contributed by atoms with Crippen molar-refractivity contribution < 1.29 is 29.4 Å². The normalized spacial score (nSPS) is 12.6. The molecule has 228 valence electrons. The van der Waals surface area contributed by atoms with Crippen LogP contribution in [0.4, 0.5) is 0 Å². The van der Waals surface area contributed by atoms with Crippen molar-refractivity contribution in [3.8, 4) is 0 Å². The molecule has 0 heterocycles. The van der Waals surface area contributed by atoms with Gasteiger partial charge in [0.1, 0.15) is 12.1 Å². The van der Waals surface area contributed by atoms with E-state index in [-0.39, 0.29) is 29.7 Å². The monoisotopic (exact) mass is 590 g/mol. The van der Waals surface area contributed by atoms with Gasteiger partial charge in [0, 0.05) is 24.3 Å². The molecule has 0 radical (unpaired) electrons. The zero-order valence-corrected chi connectivity index (χ0v) is 26.0. The Balaban J connectivity index is 3.74. The van der Waals surface area contributed by atoms with Gasteiger partial charge in [-0.3, -0.25) is 9.59 Å². The van der Waals surface area contributed by atoms with E-state index in [0.717, 1.165) is 30.1 Å². The number of hydrogen-bond acceptors (Lipinski definition) is 6. The number of nitrogens with one attached hydrogen (secondary N) is 2. The number of carboxylic acid groups (broad SMARTS) is 2. The van der Waals surface area contributed by atoms with Crippen molar-refractivity contribution in [2.24, 2.45) is 0 Å². The average molecular weight is 591 g/mol. The highest BCUT2D eigenvalue weighted by Gasteiger charge is 2.22. The van der Waals surface area contributed by atoms with Gasteiger partial charge in [-0.15, -0.1) is 0 Å². The minimum Gasteiger partial charge on any atom is -0.480 e. The summed E-state index contributed by atoms with van der Waals surface area (Å²) in [5, 5.41) is 23.6. The first-order valence-corrected chi connectivity index (χ1v) is 17.6. The summed E-state index contributed by atoms with van der Waals surface area (Å²) in [6.45, 7) is 3.89. The Kier molecular flexibility index (Phi) is 25.8. The fourth-order valence-electron chi connectivity index (χ4n) is 4.16. The zero-order valence-electron chi connectivity index (χ0n) is 24.3. The van der Waals surface area contributed by atoms with Gasteiger partial charge >= 0.3 is 11.9 Å². The minimum absolute atomic E-state index is 0.102. The van der Waals surface area contributed by atoms with E-state index in [2.05, 4.69) is 17.6 Å². The summed E-state index contributed by atoms with van der Waals surface area (Å²) in [6.07, 6.45) is 22.1. The smallest absolute Gasteiger partial charge is 0.327 e. The SMILES string of the molecule is CCCCCCCCCCCCCCCCCCCC(=O)NC(CSSCC(NC(=O)CC)C(=O)O)C(=O)O. The molecule has 0 fully saturated rings. The van der Waals surface area contributed by atoms with Crippen LogP contribution in [0.5, 0.6) is 0 Å². The van der Waals surface area contributed by atoms with Crippen LogP contribution in [0.2, 0.25) is 0 Å². The van der Waals surface area contributed by atoms with Gasteiger partial charge in [-0.05, 0) is 6.42 Å². The quantitative estimate of drug-likeness (QED) is 0.0568. The third-order valence-corrected chi connectivity index (χ3v) is 9.07. The summed E-state index contributed by atoms with van der Waals surface area (Å²) >= 11 is 0. The summed E-state index contributed by atoms with van der Waals surface area (Å²) in [6, 6.07) is -2.07. The van der Waals surface area contributed by atoms with Crippen LogP contribution in [0.1, 0.15) is 136 Å². The number of carbonyl (C=O) groups excluding carboxylic acids is 2. The van der Waals surface area contributed by atoms with Gasteiger partial charge in [-0.25, -0.2) is 9.59 Å². The van der Waals surface area contributed by atoms with Crippen molar-refractivity contribution >= 4 is 45.3 Å². The minimum atomic E-state index is -1.14. The van der Waals surface area contributed by atoms with E-state index in [1.807, 2.05) is 0 Å². The lowest BCUT2D eigenvalue weighted by atomic mass is 10.0. The van der Waals surface area contributed by atoms with E-state index >= 15 is 0 Å². The Morgan fingerprint density at radius 3 is 1.21 bits per heavy atom. The Hall–Kier alpha value is -1.42. The molecular formula is C29H54N2O6S2. The van der Waals surface area contributed by atoms with Crippen LogP contribution in [0.25, 0.3) is 0 Å². The molecule has 0 aliphatic rings. The van der Waals surface area contributed by atoms with E-state index in [1.165, 1.54) is 101 Å². The molecule has 0 aliphatic carbocycles. The van der Waals surface area contributed by atoms with Crippen molar-refractivity contribution in [1.29, 1.82) is 0 Å². The third-order valence-electron chi connectivity index (χ3n) is 6.65. The maximum atomic E-state index is 12.2. The van der Waals surface area contributed by atoms with Gasteiger partial charge in [0.2, 0.25) is 11.8 Å². The van der Waals surface area contributed by atoms with Gasteiger partial charge in [0.25, 0.3) is 0 Å². The first-order valence-electron chi connectivity index (χ1n) is 15.1. The Bertz CT molecular complexity index is 666. The predicted molar refractivity (Wildman–Crippen MR) is 163 cm³/mol. The average Bonchev–Trinajstić information content (AvgIpc) is 2.90. The molecule has 0 spiro atoms. The largest absolute Gasteiger partial charge is 0.480 e. The van der Waals surface area contributed by atoms with Crippen molar-refractivity contribution in [2.45, 2.75) is 148 Å². The fourth-order valence-corrected chi connectivity index (χ4v) is 6.47. The van der Waals surface area contributed by atoms with Crippen LogP contribution < -0.4 is 10.6 Å². The van der Waals surface area contributed by atoms with Gasteiger partial charge in [-0.1, -0.05) is 138 Å². The molecule has 10 heteroatoms. The number of hydrogen-bond donors (Lipinski definition) is 4. The highest BCUT2D eigenvalue weighted by atomic mass is 33.1. The van der Waals surface area contributed by atoms with Crippen molar-refractivity contribution in [2.75, 3.05) is 11.5 Å². The molecule has 0 aliphatic heterocycles. The molecule has 0 saturated carbocycles. The van der Waals surface area contributed by atoms with Gasteiger partial charge < -0.3 is 20.8 Å². The second-order valence-corrected chi connectivity index (χ2v) is 12.8. The highest BCUT2D eigenvalue weighted by molar-refractivity contribution is 8.76. The standard InChI is InChI=1S/C29H54N2O6S2/c1-3-5-6-7-8-9-10-11-12-13-14-15-16-17-18-19-20-21-27(33)31-25(29(36)37)23-39-38-22-24(28(34)35)30-26(32)4-2/h24-25H,3-23H2,1-2H3,(H,30,32)(H,31,33)(H,34,35)(H,36,37). The maximum Gasteiger partial charge on any atom is 0.327 e. The molecule has 0 bridgehead atoms. The molecule has 0 aromatic carbocycles. The molecule has 0 rings (SSSR count). The number of amides is 2. The van der Waals surface area contributed by atoms with E-state index in [0.29, 0.717) is 6.42 Å². The van der Waals surface area contributed by atoms with Crippen LogP contribution >= 0.6 is 21.6 Å². The van der Waals surface area contributed by atoms with Crippen LogP contribution in [0, 0.1) is 0 Å². The number of carbonyl (C=O) groups is 4. The van der Waals surface area contributed by atoms with E-state index in [9.17, 15) is 29.4 Å². The van der Waals surface area contributed by atoms with Gasteiger partial charge in [-0.2, -0.15) is 0 Å². The molecule has 8 nitrogen and oxygen atoms in total. The number of unbranched alkanes of at least 4 members (excludes halogenated alkanes) is 16. The second-order valence-electron chi connectivity index (χ2n) is 10.2. The van der Waals surface area contributed by atoms with Crippen molar-refractivity contribution in [3.63, 3.8) is 0 Å². The van der Waals surface area contributed by atoms with Gasteiger partial charge in [0.15, 0.2) is 0 Å². The molecule has 0 aromatic rings. The lowest BCUT2D eigenvalue weighted by molar-refractivity contribution is -0.141. The zero-order chi connectivity index (χ0) is 29.1. The van der Waals surface area contributed by atoms with Crippen molar-refractivity contribution in [3.05, 3.63) is 0 Å². The van der Waals surface area contributed by atoms with Gasteiger partial charge in [0.05, 0.1) is 0 Å². The molecule has 2 atom stereocenters. The molecule has 39 heavy (non-hydrogen) atoms. The van der Waals surface area contributed by atoms with Crippen LogP contribution in [-0.2, 0) is 19.2 Å². The Labute approximate surface area is 244 Å². The summed E-state index contributed by atoms with van der Waals surface area (Å²) in [5.41, 5.74) is 0. The molecule has 2 unspecified atom stereocenters. The Morgan fingerprint density at radius 2 is 0.872 bits per heavy atom. The van der Waals surface area contributed by atoms with Crippen LogP contribution in [0.15, 0.2) is 0 Å². The Morgan fingerprint density at radius 1 is 0.538 bits per heavy atom. The summed E-state index contributed by atoms with van der Waals surface area (Å²) in [7, 11) is 2.33. The van der Waals surface area contributed by atoms with Crippen molar-refractivity contribution in [1.82, 2.24) is 10.6 Å². The number of rotatable bonds is 28. The summed E-state index contributed by atoms with van der Waals surface area (Å²) in [4.78, 5) is 46.4. The van der Waals surface area contributed by atoms with Crippen LogP contribution in [-0.4, -0.2) is 57.6 Å². The molecular weight excluding hydrogens is 536 g/mol. The topological polar surface area (TPSA) is 133 Å². The first kappa shape index (κ1) is 37.6. The summed E-state index contributed by atoms with van der Waals surface area (Å²) in [5.74, 6) is -2.67. The predicted octanol–water partition coefficient (Wildman–Crippen LogP) is 6.96. The highest BCUT2D eigenvalue weighted by Crippen LogP contribution is 2.23. The van der Waals surface area contributed by atoms with Crippen LogP contribution in [0.3, 0.4) is 0 Å².